The van der Waals surface area contributed by atoms with Crippen molar-refractivity contribution in [2.24, 2.45) is 4.99 Å². The molecule has 1 aromatic heterocycles. The van der Waals surface area contributed by atoms with Crippen molar-refractivity contribution in [2.75, 3.05) is 13.3 Å². The molecule has 1 atom stereocenters. The van der Waals surface area contributed by atoms with Crippen LogP contribution in [-0.2, 0) is 0 Å². The van der Waals surface area contributed by atoms with Crippen molar-refractivity contribution in [3.63, 3.8) is 0 Å². The fraction of sp³-hybridized carbons (Fsp3) is 0.455. The summed E-state index contributed by atoms with van der Waals surface area (Å²) in [5, 5.41) is 1.45. The van der Waals surface area contributed by atoms with Crippen molar-refractivity contribution in [3.8, 4) is 5.75 Å². The normalized spacial score (nSPS) is 13.6. The molecule has 1 unspecified atom stereocenters. The van der Waals surface area contributed by atoms with Gasteiger partial charge in [0, 0.05) is 7.05 Å². The number of nitrogens with zero attached hydrogens (tertiary/aromatic N) is 2. The van der Waals surface area contributed by atoms with Gasteiger partial charge in [0.15, 0.2) is 0 Å². The van der Waals surface area contributed by atoms with Crippen LogP contribution in [0.3, 0.4) is 0 Å². The van der Waals surface area contributed by atoms with Gasteiger partial charge in [-0.1, -0.05) is 18.5 Å². The maximum absolute atomic E-state index is 5.79. The van der Waals surface area contributed by atoms with Crippen molar-refractivity contribution in [1.29, 1.82) is 0 Å². The lowest BCUT2D eigenvalue weighted by Crippen LogP contribution is -2.24. The molecule has 0 saturated carbocycles. The first-order chi connectivity index (χ1) is 7.71. The molecular formula is C11H15ClN2OS. The number of hydrogen-bond donors (Lipinski definition) is 0. The second-order valence-corrected chi connectivity index (χ2v) is 4.31. The van der Waals surface area contributed by atoms with E-state index in [-0.39, 0.29) is 6.10 Å². The molecule has 0 amide bonds. The molecule has 5 heteroatoms. The van der Waals surface area contributed by atoms with Crippen LogP contribution in [0.25, 0.3) is 0 Å². The zero-order chi connectivity index (χ0) is 12.0. The quantitative estimate of drug-likeness (QED) is 0.472. The van der Waals surface area contributed by atoms with E-state index in [2.05, 4.69) is 16.9 Å². The number of halogens is 1. The summed E-state index contributed by atoms with van der Waals surface area (Å²) in [5.74, 6) is 0.714. The third kappa shape index (κ3) is 3.68. The highest BCUT2D eigenvalue weighted by Crippen LogP contribution is 2.18. The van der Waals surface area contributed by atoms with E-state index in [1.807, 2.05) is 12.3 Å². The monoisotopic (exact) mass is 258 g/mol. The van der Waals surface area contributed by atoms with Gasteiger partial charge in [0.2, 0.25) is 0 Å². The Morgan fingerprint density at radius 3 is 2.81 bits per heavy atom. The maximum Gasteiger partial charge on any atom is 0.146 e. The van der Waals surface area contributed by atoms with E-state index in [9.17, 15) is 0 Å². The highest BCUT2D eigenvalue weighted by Gasteiger charge is 2.14. The van der Waals surface area contributed by atoms with E-state index >= 15 is 0 Å². The van der Waals surface area contributed by atoms with Gasteiger partial charge in [-0.2, -0.15) is 0 Å². The highest BCUT2D eigenvalue weighted by molar-refractivity contribution is 8.13. The summed E-state index contributed by atoms with van der Waals surface area (Å²) in [6.07, 6.45) is 4.48. The second-order valence-electron chi connectivity index (χ2n) is 3.10. The van der Waals surface area contributed by atoms with Crippen LogP contribution in [0.2, 0.25) is 5.15 Å². The van der Waals surface area contributed by atoms with Gasteiger partial charge >= 0.3 is 0 Å². The van der Waals surface area contributed by atoms with Gasteiger partial charge in [-0.05, 0) is 24.8 Å². The molecule has 1 aromatic rings. The number of aromatic nitrogens is 1. The van der Waals surface area contributed by atoms with Gasteiger partial charge in [-0.15, -0.1) is 11.8 Å². The lowest BCUT2D eigenvalue weighted by atomic mass is 10.3. The molecule has 0 aliphatic rings. The van der Waals surface area contributed by atoms with Crippen LogP contribution in [0.5, 0.6) is 5.75 Å². The molecule has 0 aliphatic heterocycles. The Hall–Kier alpha value is -0.740. The van der Waals surface area contributed by atoms with Crippen molar-refractivity contribution >= 4 is 28.4 Å². The smallest absolute Gasteiger partial charge is 0.146 e. The Morgan fingerprint density at radius 2 is 2.38 bits per heavy atom. The summed E-state index contributed by atoms with van der Waals surface area (Å²) in [7, 11) is 1.78. The van der Waals surface area contributed by atoms with E-state index in [1.165, 1.54) is 0 Å². The topological polar surface area (TPSA) is 34.5 Å². The third-order valence-electron chi connectivity index (χ3n) is 2.05. The fourth-order valence-corrected chi connectivity index (χ4v) is 2.04. The van der Waals surface area contributed by atoms with Crippen molar-refractivity contribution in [2.45, 2.75) is 19.4 Å². The first kappa shape index (κ1) is 13.3. The molecule has 3 nitrogen and oxygen atoms in total. The van der Waals surface area contributed by atoms with E-state index in [4.69, 9.17) is 16.3 Å². The second kappa shape index (κ2) is 6.76. The predicted octanol–water partition coefficient (Wildman–Crippen LogP) is 3.28. The summed E-state index contributed by atoms with van der Waals surface area (Å²) < 4.78 is 5.79. The maximum atomic E-state index is 5.79. The lowest BCUT2D eigenvalue weighted by Gasteiger charge is -2.17. The minimum absolute atomic E-state index is 0.0111. The number of ether oxygens (including phenoxy) is 1. The molecule has 0 radical (unpaired) electrons. The number of aliphatic imine (C=N–C) groups is 1. The number of rotatable bonds is 4. The van der Waals surface area contributed by atoms with Crippen LogP contribution < -0.4 is 4.74 Å². The Morgan fingerprint density at radius 1 is 1.62 bits per heavy atom. The van der Waals surface area contributed by atoms with Gasteiger partial charge in [0.1, 0.15) is 22.1 Å². The van der Waals surface area contributed by atoms with Gasteiger partial charge in [-0.3, -0.25) is 4.99 Å². The molecule has 0 bridgehead atoms. The summed E-state index contributed by atoms with van der Waals surface area (Å²) in [5.41, 5.74) is 0. The molecule has 0 fully saturated rings. The van der Waals surface area contributed by atoms with Crippen LogP contribution >= 0.6 is 23.4 Å². The summed E-state index contributed by atoms with van der Waals surface area (Å²) in [4.78, 5) is 8.17. The Bertz CT molecular complexity index is 354. The predicted molar refractivity (Wildman–Crippen MR) is 70.8 cm³/mol. The number of thioether (sulfide) groups is 1. The molecule has 0 aromatic carbocycles. The number of hydrogen-bond acceptors (Lipinski definition) is 4. The van der Waals surface area contributed by atoms with Crippen LogP contribution in [-0.4, -0.2) is 29.4 Å². The number of pyridine rings is 1. The van der Waals surface area contributed by atoms with E-state index in [1.54, 1.807) is 31.1 Å². The average Bonchev–Trinajstić information content (AvgIpc) is 2.32. The molecular weight excluding hydrogens is 244 g/mol. The zero-order valence-electron chi connectivity index (χ0n) is 9.61. The van der Waals surface area contributed by atoms with Crippen molar-refractivity contribution in [3.05, 3.63) is 23.5 Å². The van der Waals surface area contributed by atoms with Crippen LogP contribution in [0, 0.1) is 0 Å². The summed E-state index contributed by atoms with van der Waals surface area (Å²) in [6, 6.07) is 3.52. The zero-order valence-corrected chi connectivity index (χ0v) is 11.2. The largest absolute Gasteiger partial charge is 0.482 e. The summed E-state index contributed by atoms with van der Waals surface area (Å²) >= 11 is 7.31. The van der Waals surface area contributed by atoms with E-state index in [0.29, 0.717) is 10.9 Å². The fourth-order valence-electron chi connectivity index (χ4n) is 1.27. The third-order valence-corrected chi connectivity index (χ3v) is 3.14. The molecule has 0 N–H and O–H groups in total. The van der Waals surface area contributed by atoms with E-state index in [0.717, 1.165) is 11.5 Å². The molecule has 1 heterocycles. The van der Waals surface area contributed by atoms with Crippen LogP contribution in [0.4, 0.5) is 0 Å². The van der Waals surface area contributed by atoms with Gasteiger partial charge in [0.05, 0.1) is 6.20 Å². The molecule has 1 rings (SSSR count). The minimum atomic E-state index is -0.0111. The SMILES string of the molecule is CCC(Oc1ccc(Cl)nc1)C(=NC)SC. The summed E-state index contributed by atoms with van der Waals surface area (Å²) in [6.45, 7) is 2.06. The molecule has 0 aliphatic carbocycles. The highest BCUT2D eigenvalue weighted by atomic mass is 35.5. The minimum Gasteiger partial charge on any atom is -0.482 e. The first-order valence-corrected chi connectivity index (χ1v) is 6.60. The Balaban J connectivity index is 2.73. The lowest BCUT2D eigenvalue weighted by molar-refractivity contribution is 0.264. The molecule has 0 spiro atoms. The van der Waals surface area contributed by atoms with Gasteiger partial charge in [-0.25, -0.2) is 4.98 Å². The molecule has 16 heavy (non-hydrogen) atoms. The van der Waals surface area contributed by atoms with Gasteiger partial charge < -0.3 is 4.74 Å². The van der Waals surface area contributed by atoms with Crippen LogP contribution in [0.1, 0.15) is 13.3 Å². The van der Waals surface area contributed by atoms with Gasteiger partial charge in [0.25, 0.3) is 0 Å². The average molecular weight is 259 g/mol. The Kier molecular flexibility index (Phi) is 5.63. The van der Waals surface area contributed by atoms with E-state index < -0.39 is 0 Å². The van der Waals surface area contributed by atoms with Crippen LogP contribution in [0.15, 0.2) is 23.3 Å². The van der Waals surface area contributed by atoms with Crippen molar-refractivity contribution in [1.82, 2.24) is 4.98 Å². The molecule has 0 saturated heterocycles. The molecule has 88 valence electrons. The first-order valence-electron chi connectivity index (χ1n) is 5.00. The standard InChI is InChI=1S/C11H15ClN2OS/c1-4-9(11(13-2)16-3)15-8-5-6-10(12)14-7-8/h5-7,9H,4H2,1-3H3. The van der Waals surface area contributed by atoms with Crippen molar-refractivity contribution < 1.29 is 4.74 Å². The Labute approximate surface area is 105 Å².